The van der Waals surface area contributed by atoms with E-state index in [1.54, 1.807) is 13.8 Å². The summed E-state index contributed by atoms with van der Waals surface area (Å²) in [6.07, 6.45) is -0.505. The van der Waals surface area contributed by atoms with Crippen LogP contribution in [0.25, 0.3) is 0 Å². The van der Waals surface area contributed by atoms with Crippen molar-refractivity contribution in [3.05, 3.63) is 28.2 Å². The molecule has 1 unspecified atom stereocenters. The third kappa shape index (κ3) is 2.96. The van der Waals surface area contributed by atoms with Gasteiger partial charge < -0.3 is 10.2 Å². The Kier molecular flexibility index (Phi) is 4.39. The molecule has 1 aliphatic heterocycles. The number of amides is 4. The number of rotatable bonds is 4. The molecule has 112 valence electrons. The molecule has 0 bridgehead atoms. The first-order valence-corrected chi connectivity index (χ1v) is 6.94. The van der Waals surface area contributed by atoms with Crippen LogP contribution in [0.2, 0.25) is 10.0 Å². The van der Waals surface area contributed by atoms with Crippen LogP contribution in [-0.4, -0.2) is 35.5 Å². The highest BCUT2D eigenvalue weighted by Gasteiger charge is 2.43. The first-order valence-electron chi connectivity index (χ1n) is 6.18. The average molecular weight is 330 g/mol. The molecule has 1 saturated heterocycles. The zero-order chi connectivity index (χ0) is 15.7. The summed E-state index contributed by atoms with van der Waals surface area (Å²) in [5.74, 6) is -0.556. The summed E-state index contributed by atoms with van der Waals surface area (Å²) in [4.78, 5) is 37.7. The third-order valence-electron chi connectivity index (χ3n) is 3.04. The first kappa shape index (κ1) is 15.6. The number of hydrogen-bond donors (Lipinski definition) is 1. The molecule has 1 aromatic rings. The molecule has 0 saturated carbocycles. The van der Waals surface area contributed by atoms with E-state index in [1.165, 1.54) is 23.1 Å². The van der Waals surface area contributed by atoms with E-state index >= 15 is 0 Å². The van der Waals surface area contributed by atoms with Crippen LogP contribution < -0.4 is 10.2 Å². The van der Waals surface area contributed by atoms with Crippen molar-refractivity contribution in [2.75, 3.05) is 4.90 Å². The van der Waals surface area contributed by atoms with Crippen LogP contribution in [0.1, 0.15) is 13.8 Å². The maximum Gasteiger partial charge on any atom is 0.330 e. The molecule has 1 aliphatic rings. The Morgan fingerprint density at radius 2 is 1.81 bits per heavy atom. The summed E-state index contributed by atoms with van der Waals surface area (Å²) in [6, 6.07) is 3.53. The predicted octanol–water partition coefficient (Wildman–Crippen LogP) is 2.24. The van der Waals surface area contributed by atoms with E-state index in [0.717, 1.165) is 4.90 Å². The SMILES string of the molecule is CC(C)N(C=O)C1NC(=O)N(c2cc(Cl)cc(Cl)c2)C1=O. The molecule has 1 fully saturated rings. The molecule has 0 aliphatic carbocycles. The van der Waals surface area contributed by atoms with Gasteiger partial charge >= 0.3 is 6.03 Å². The molecule has 4 amide bonds. The van der Waals surface area contributed by atoms with E-state index in [4.69, 9.17) is 23.2 Å². The minimum atomic E-state index is -1.03. The summed E-state index contributed by atoms with van der Waals surface area (Å²) in [6.45, 7) is 3.49. The number of hydrogen-bond acceptors (Lipinski definition) is 3. The summed E-state index contributed by atoms with van der Waals surface area (Å²) < 4.78 is 0. The Bertz CT molecular complexity index is 586. The predicted molar refractivity (Wildman–Crippen MR) is 79.3 cm³/mol. The fraction of sp³-hybridized carbons (Fsp3) is 0.308. The van der Waals surface area contributed by atoms with Crippen LogP contribution in [-0.2, 0) is 9.59 Å². The molecular weight excluding hydrogens is 317 g/mol. The molecule has 1 atom stereocenters. The van der Waals surface area contributed by atoms with Gasteiger partial charge in [0.1, 0.15) is 0 Å². The fourth-order valence-electron chi connectivity index (χ4n) is 2.06. The van der Waals surface area contributed by atoms with Gasteiger partial charge in [0.15, 0.2) is 6.17 Å². The van der Waals surface area contributed by atoms with Gasteiger partial charge in [0, 0.05) is 16.1 Å². The van der Waals surface area contributed by atoms with Crippen LogP contribution in [0.4, 0.5) is 10.5 Å². The number of benzene rings is 1. The van der Waals surface area contributed by atoms with Crippen LogP contribution in [0.15, 0.2) is 18.2 Å². The quantitative estimate of drug-likeness (QED) is 0.680. The van der Waals surface area contributed by atoms with Crippen LogP contribution >= 0.6 is 23.2 Å². The number of carbonyl (C=O) groups excluding carboxylic acids is 3. The summed E-state index contributed by atoms with van der Waals surface area (Å²) in [7, 11) is 0. The lowest BCUT2D eigenvalue weighted by Gasteiger charge is -2.26. The Labute approximate surface area is 131 Å². The van der Waals surface area contributed by atoms with Crippen molar-refractivity contribution >= 4 is 47.2 Å². The monoisotopic (exact) mass is 329 g/mol. The lowest BCUT2D eigenvalue weighted by atomic mass is 10.2. The minimum absolute atomic E-state index is 0.236. The standard InChI is InChI=1S/C13H13Cl2N3O3/c1-7(2)17(6-19)11-12(20)18(13(21)16-11)10-4-8(14)3-9(15)5-10/h3-7,11H,1-2H3,(H,16,21). The highest BCUT2D eigenvalue weighted by Crippen LogP contribution is 2.28. The molecule has 21 heavy (non-hydrogen) atoms. The minimum Gasteiger partial charge on any atom is -0.314 e. The second kappa shape index (κ2) is 5.91. The molecule has 0 spiro atoms. The van der Waals surface area contributed by atoms with Crippen LogP contribution in [0, 0.1) is 0 Å². The molecule has 0 aromatic heterocycles. The average Bonchev–Trinajstić information content (AvgIpc) is 2.64. The lowest BCUT2D eigenvalue weighted by molar-refractivity contribution is -0.131. The Balaban J connectivity index is 2.36. The second-order valence-electron chi connectivity index (χ2n) is 4.80. The zero-order valence-corrected chi connectivity index (χ0v) is 12.9. The van der Waals surface area contributed by atoms with E-state index < -0.39 is 18.1 Å². The zero-order valence-electron chi connectivity index (χ0n) is 11.3. The van der Waals surface area contributed by atoms with Gasteiger partial charge in [-0.3, -0.25) is 9.59 Å². The summed E-state index contributed by atoms with van der Waals surface area (Å²) in [5, 5.41) is 3.08. The Hall–Kier alpha value is -1.79. The van der Waals surface area contributed by atoms with Gasteiger partial charge in [-0.15, -0.1) is 0 Å². The largest absolute Gasteiger partial charge is 0.330 e. The number of imide groups is 1. The van der Waals surface area contributed by atoms with E-state index in [-0.39, 0.29) is 11.7 Å². The van der Waals surface area contributed by atoms with Gasteiger partial charge in [0.2, 0.25) is 6.41 Å². The molecule has 1 aromatic carbocycles. The van der Waals surface area contributed by atoms with Gasteiger partial charge in [0.05, 0.1) is 5.69 Å². The van der Waals surface area contributed by atoms with Crippen molar-refractivity contribution in [2.24, 2.45) is 0 Å². The normalized spacial score (nSPS) is 18.1. The van der Waals surface area contributed by atoms with E-state index in [2.05, 4.69) is 5.32 Å². The topological polar surface area (TPSA) is 69.7 Å². The smallest absolute Gasteiger partial charge is 0.314 e. The van der Waals surface area contributed by atoms with Gasteiger partial charge in [-0.1, -0.05) is 23.2 Å². The molecule has 0 radical (unpaired) electrons. The van der Waals surface area contributed by atoms with Gasteiger partial charge in [0.25, 0.3) is 5.91 Å². The number of anilines is 1. The number of nitrogens with one attached hydrogen (secondary N) is 1. The van der Waals surface area contributed by atoms with Crippen molar-refractivity contribution in [1.82, 2.24) is 10.2 Å². The van der Waals surface area contributed by atoms with E-state index in [0.29, 0.717) is 16.5 Å². The van der Waals surface area contributed by atoms with Crippen LogP contribution in [0.3, 0.4) is 0 Å². The number of nitrogens with zero attached hydrogens (tertiary/aromatic N) is 2. The van der Waals surface area contributed by atoms with Crippen LogP contribution in [0.5, 0.6) is 0 Å². The second-order valence-corrected chi connectivity index (χ2v) is 5.67. The Morgan fingerprint density at radius 1 is 1.24 bits per heavy atom. The van der Waals surface area contributed by atoms with Crippen molar-refractivity contribution in [2.45, 2.75) is 26.1 Å². The molecule has 6 nitrogen and oxygen atoms in total. The number of halogens is 2. The van der Waals surface area contributed by atoms with Crippen molar-refractivity contribution in [3.63, 3.8) is 0 Å². The maximum absolute atomic E-state index is 12.4. The fourth-order valence-corrected chi connectivity index (χ4v) is 2.58. The highest BCUT2D eigenvalue weighted by molar-refractivity contribution is 6.35. The summed E-state index contributed by atoms with van der Waals surface area (Å²) >= 11 is 11.8. The number of carbonyl (C=O) groups is 3. The van der Waals surface area contributed by atoms with Crippen molar-refractivity contribution in [1.29, 1.82) is 0 Å². The molecular formula is C13H13Cl2N3O3. The van der Waals surface area contributed by atoms with Gasteiger partial charge in [-0.2, -0.15) is 0 Å². The number of urea groups is 1. The highest BCUT2D eigenvalue weighted by atomic mass is 35.5. The first-order chi connectivity index (χ1) is 9.85. The maximum atomic E-state index is 12.4. The molecule has 2 rings (SSSR count). The van der Waals surface area contributed by atoms with Gasteiger partial charge in [-0.05, 0) is 32.0 Å². The van der Waals surface area contributed by atoms with E-state index in [1.807, 2.05) is 0 Å². The van der Waals surface area contributed by atoms with E-state index in [9.17, 15) is 14.4 Å². The lowest BCUT2D eigenvalue weighted by Crippen LogP contribution is -2.49. The molecule has 8 heteroatoms. The molecule has 1 heterocycles. The Morgan fingerprint density at radius 3 is 2.29 bits per heavy atom. The third-order valence-corrected chi connectivity index (χ3v) is 3.48. The van der Waals surface area contributed by atoms with Crippen molar-refractivity contribution in [3.8, 4) is 0 Å². The van der Waals surface area contributed by atoms with Gasteiger partial charge in [-0.25, -0.2) is 9.69 Å². The summed E-state index contributed by atoms with van der Waals surface area (Å²) in [5.41, 5.74) is 0.257. The molecule has 1 N–H and O–H groups in total. The van der Waals surface area contributed by atoms with Crippen molar-refractivity contribution < 1.29 is 14.4 Å².